The van der Waals surface area contributed by atoms with Crippen LogP contribution in [0.1, 0.15) is 68.3 Å². The predicted molar refractivity (Wildman–Crippen MR) is 112 cm³/mol. The highest BCUT2D eigenvalue weighted by Crippen LogP contribution is 2.41. The fourth-order valence-corrected chi connectivity index (χ4v) is 5.69. The van der Waals surface area contributed by atoms with Crippen molar-refractivity contribution in [3.63, 3.8) is 0 Å². The molecule has 27 heavy (non-hydrogen) atoms. The molecule has 0 radical (unpaired) electrons. The molecule has 1 aliphatic heterocycles. The Bertz CT molecular complexity index is 655. The zero-order valence-electron chi connectivity index (χ0n) is 16.7. The van der Waals surface area contributed by atoms with E-state index in [1.54, 1.807) is 11.8 Å². The van der Waals surface area contributed by atoms with Gasteiger partial charge in [0.1, 0.15) is 6.04 Å². The number of hydrogen-bond donors (Lipinski definition) is 1. The highest BCUT2D eigenvalue weighted by atomic mass is 32.2. The number of thioether (sulfide) groups is 1. The fraction of sp³-hybridized carbons (Fsp3) is 0.636. The Morgan fingerprint density at radius 2 is 1.85 bits per heavy atom. The molecular formula is C22H32N2O2S. The van der Waals surface area contributed by atoms with Crippen molar-refractivity contribution >= 4 is 23.6 Å². The Labute approximate surface area is 167 Å². The molecule has 1 aromatic rings. The molecule has 1 N–H and O–H groups in total. The molecule has 2 amide bonds. The molecular weight excluding hydrogens is 356 g/mol. The van der Waals surface area contributed by atoms with Crippen LogP contribution >= 0.6 is 11.8 Å². The quantitative estimate of drug-likeness (QED) is 0.815. The van der Waals surface area contributed by atoms with E-state index >= 15 is 0 Å². The van der Waals surface area contributed by atoms with Gasteiger partial charge in [0, 0.05) is 17.4 Å². The SMILES string of the molecule is CCC(C)NC(=O)C1CSC(C2CCCCC2)N1C(=O)c1ccc(C)cc1. The number of aryl methyl sites for hydroxylation is 1. The number of benzene rings is 1. The van der Waals surface area contributed by atoms with Crippen LogP contribution in [0.2, 0.25) is 0 Å². The molecule has 1 saturated heterocycles. The minimum Gasteiger partial charge on any atom is -0.352 e. The van der Waals surface area contributed by atoms with Gasteiger partial charge in [-0.05, 0) is 51.2 Å². The average molecular weight is 389 g/mol. The highest BCUT2D eigenvalue weighted by Gasteiger charge is 2.45. The molecule has 1 aromatic carbocycles. The predicted octanol–water partition coefficient (Wildman–Crippen LogP) is 4.37. The van der Waals surface area contributed by atoms with E-state index in [-0.39, 0.29) is 29.3 Å². The molecule has 2 fully saturated rings. The van der Waals surface area contributed by atoms with Crippen molar-refractivity contribution in [2.45, 2.75) is 76.8 Å². The van der Waals surface area contributed by atoms with E-state index in [2.05, 4.69) is 12.2 Å². The second kappa shape index (κ2) is 9.13. The summed E-state index contributed by atoms with van der Waals surface area (Å²) >= 11 is 1.80. The van der Waals surface area contributed by atoms with Gasteiger partial charge in [-0.2, -0.15) is 0 Å². The lowest BCUT2D eigenvalue weighted by Gasteiger charge is -2.35. The van der Waals surface area contributed by atoms with Crippen LogP contribution in [-0.4, -0.2) is 39.9 Å². The Morgan fingerprint density at radius 3 is 2.48 bits per heavy atom. The van der Waals surface area contributed by atoms with E-state index in [0.29, 0.717) is 17.2 Å². The van der Waals surface area contributed by atoms with Crippen LogP contribution in [0.25, 0.3) is 0 Å². The summed E-state index contributed by atoms with van der Waals surface area (Å²) in [6.07, 6.45) is 6.97. The Morgan fingerprint density at radius 1 is 1.19 bits per heavy atom. The highest BCUT2D eigenvalue weighted by molar-refractivity contribution is 8.00. The summed E-state index contributed by atoms with van der Waals surface area (Å²) in [5, 5.41) is 3.21. The van der Waals surface area contributed by atoms with Crippen molar-refractivity contribution in [2.75, 3.05) is 5.75 Å². The van der Waals surface area contributed by atoms with E-state index < -0.39 is 0 Å². The van der Waals surface area contributed by atoms with Crippen molar-refractivity contribution < 1.29 is 9.59 Å². The van der Waals surface area contributed by atoms with Gasteiger partial charge in [-0.15, -0.1) is 11.8 Å². The Balaban J connectivity index is 1.85. The molecule has 4 nitrogen and oxygen atoms in total. The normalized spacial score (nSPS) is 24.6. The lowest BCUT2D eigenvalue weighted by atomic mass is 9.88. The fourth-order valence-electron chi connectivity index (χ4n) is 4.06. The molecule has 2 aliphatic rings. The maximum Gasteiger partial charge on any atom is 0.255 e. The number of nitrogens with zero attached hydrogens (tertiary/aromatic N) is 1. The van der Waals surface area contributed by atoms with Crippen molar-refractivity contribution in [1.29, 1.82) is 0 Å². The van der Waals surface area contributed by atoms with E-state index in [9.17, 15) is 9.59 Å². The minimum atomic E-state index is -0.371. The third-order valence-electron chi connectivity index (χ3n) is 5.92. The second-order valence-corrected chi connectivity index (χ2v) is 9.18. The molecule has 148 valence electrons. The van der Waals surface area contributed by atoms with E-state index in [1.165, 1.54) is 19.3 Å². The number of hydrogen-bond acceptors (Lipinski definition) is 3. The van der Waals surface area contributed by atoms with Crippen LogP contribution in [0.5, 0.6) is 0 Å². The third kappa shape index (κ3) is 4.68. The Hall–Kier alpha value is -1.49. The number of nitrogens with one attached hydrogen (secondary N) is 1. The summed E-state index contributed by atoms with van der Waals surface area (Å²) in [4.78, 5) is 28.2. The summed E-state index contributed by atoms with van der Waals surface area (Å²) < 4.78 is 0. The van der Waals surface area contributed by atoms with Crippen molar-refractivity contribution in [1.82, 2.24) is 10.2 Å². The van der Waals surface area contributed by atoms with E-state index in [1.807, 2.05) is 43.0 Å². The minimum absolute atomic E-state index is 0.000116. The van der Waals surface area contributed by atoms with Gasteiger partial charge in [0.2, 0.25) is 5.91 Å². The van der Waals surface area contributed by atoms with Crippen LogP contribution in [0.3, 0.4) is 0 Å². The first-order valence-corrected chi connectivity index (χ1v) is 11.4. The number of amides is 2. The maximum absolute atomic E-state index is 13.4. The van der Waals surface area contributed by atoms with Gasteiger partial charge in [-0.3, -0.25) is 9.59 Å². The summed E-state index contributed by atoms with van der Waals surface area (Å²) in [6, 6.07) is 7.49. The van der Waals surface area contributed by atoms with Crippen molar-refractivity contribution in [2.24, 2.45) is 5.92 Å². The topological polar surface area (TPSA) is 49.4 Å². The maximum atomic E-state index is 13.4. The summed E-state index contributed by atoms with van der Waals surface area (Å²) in [6.45, 7) is 6.10. The zero-order valence-corrected chi connectivity index (χ0v) is 17.6. The number of carbonyl (C=O) groups excluding carboxylic acids is 2. The molecule has 0 aromatic heterocycles. The molecule has 3 atom stereocenters. The van der Waals surface area contributed by atoms with Gasteiger partial charge in [-0.25, -0.2) is 0 Å². The summed E-state index contributed by atoms with van der Waals surface area (Å²) in [5.41, 5.74) is 1.82. The van der Waals surface area contributed by atoms with Gasteiger partial charge in [0.05, 0.1) is 5.37 Å². The van der Waals surface area contributed by atoms with E-state index in [0.717, 1.165) is 24.8 Å². The third-order valence-corrected chi connectivity index (χ3v) is 7.39. The van der Waals surface area contributed by atoms with Crippen LogP contribution in [0, 0.1) is 12.8 Å². The van der Waals surface area contributed by atoms with Crippen LogP contribution in [0.15, 0.2) is 24.3 Å². The first-order valence-electron chi connectivity index (χ1n) is 10.3. The molecule has 3 unspecified atom stereocenters. The van der Waals surface area contributed by atoms with Crippen LogP contribution in [-0.2, 0) is 4.79 Å². The monoisotopic (exact) mass is 388 g/mol. The molecule has 0 bridgehead atoms. The standard InChI is InChI=1S/C22H32N2O2S/c1-4-16(3)23-20(25)19-14-27-22(18-8-6-5-7-9-18)24(19)21(26)17-12-10-15(2)11-13-17/h10-13,16,18-19,22H,4-9,14H2,1-3H3,(H,23,25). The first kappa shape index (κ1) is 20.2. The summed E-state index contributed by atoms with van der Waals surface area (Å²) in [7, 11) is 0. The largest absolute Gasteiger partial charge is 0.352 e. The van der Waals surface area contributed by atoms with Gasteiger partial charge in [0.25, 0.3) is 5.91 Å². The molecule has 0 spiro atoms. The zero-order chi connectivity index (χ0) is 19.4. The average Bonchev–Trinajstić information content (AvgIpc) is 3.13. The summed E-state index contributed by atoms with van der Waals surface area (Å²) in [5.74, 6) is 1.19. The van der Waals surface area contributed by atoms with Crippen LogP contribution in [0.4, 0.5) is 0 Å². The van der Waals surface area contributed by atoms with E-state index in [4.69, 9.17) is 0 Å². The lowest BCUT2D eigenvalue weighted by Crippen LogP contribution is -2.52. The lowest BCUT2D eigenvalue weighted by molar-refractivity contribution is -0.125. The van der Waals surface area contributed by atoms with Crippen LogP contribution < -0.4 is 5.32 Å². The van der Waals surface area contributed by atoms with Gasteiger partial charge < -0.3 is 10.2 Å². The van der Waals surface area contributed by atoms with Crippen molar-refractivity contribution in [3.8, 4) is 0 Å². The number of rotatable bonds is 5. The molecule has 3 rings (SSSR count). The molecule has 5 heteroatoms. The molecule has 1 aliphatic carbocycles. The smallest absolute Gasteiger partial charge is 0.255 e. The van der Waals surface area contributed by atoms with Gasteiger partial charge in [0.15, 0.2) is 0 Å². The second-order valence-electron chi connectivity index (χ2n) is 8.03. The van der Waals surface area contributed by atoms with Gasteiger partial charge >= 0.3 is 0 Å². The molecule has 1 heterocycles. The van der Waals surface area contributed by atoms with Crippen molar-refractivity contribution in [3.05, 3.63) is 35.4 Å². The number of carbonyl (C=O) groups is 2. The van der Waals surface area contributed by atoms with Gasteiger partial charge in [-0.1, -0.05) is 43.9 Å². The molecule has 1 saturated carbocycles. The first-order chi connectivity index (χ1) is 13.0. The Kier molecular flexibility index (Phi) is 6.85.